The predicted octanol–water partition coefficient (Wildman–Crippen LogP) is -1.41. The second kappa shape index (κ2) is 23.4. The normalized spacial score (nSPS) is 30.9. The summed E-state index contributed by atoms with van der Waals surface area (Å²) >= 11 is 2.10. The molecule has 0 radical (unpaired) electrons. The van der Waals surface area contributed by atoms with Gasteiger partial charge < -0.3 is 72.4 Å². The number of hydrogen-bond donors (Lipinski definition) is 12. The van der Waals surface area contributed by atoms with Crippen LogP contribution in [0.3, 0.4) is 0 Å². The Morgan fingerprint density at radius 2 is 0.926 bits per heavy atom. The number of aliphatic hydroxyl groups is 6. The van der Waals surface area contributed by atoms with Crippen LogP contribution in [-0.2, 0) is 28.7 Å². The fourth-order valence-corrected chi connectivity index (χ4v) is 9.37. The topological polar surface area (TPSA) is 325 Å². The van der Waals surface area contributed by atoms with Crippen LogP contribution < -0.4 is 22.1 Å². The molecule has 2 fully saturated rings. The van der Waals surface area contributed by atoms with Gasteiger partial charge in [0.2, 0.25) is 21.7 Å². The van der Waals surface area contributed by atoms with Crippen LogP contribution in [-0.4, -0.2) is 160 Å². The average Bonchev–Trinajstić information content (AvgIpc) is 3.11. The maximum Gasteiger partial charge on any atom is 0.346 e. The highest BCUT2D eigenvalue weighted by Gasteiger charge is 2.55. The quantitative estimate of drug-likeness (QED) is 0.0471. The van der Waals surface area contributed by atoms with Gasteiger partial charge in [0.25, 0.3) is 0 Å². The lowest BCUT2D eigenvalue weighted by atomic mass is 9.88. The number of carbonyl (C=O) groups is 4. The lowest BCUT2D eigenvalue weighted by Crippen LogP contribution is -2.68. The van der Waals surface area contributed by atoms with Gasteiger partial charge in [-0.1, -0.05) is 51.4 Å². The van der Waals surface area contributed by atoms with Crippen LogP contribution in [0.5, 0.6) is 0 Å². The van der Waals surface area contributed by atoms with E-state index in [0.717, 1.165) is 74.9 Å². The minimum atomic E-state index is -1.80. The molecule has 20 heteroatoms. The molecule has 14 N–H and O–H groups in total. The van der Waals surface area contributed by atoms with E-state index in [9.17, 15) is 60.0 Å². The number of hydrogen-bond acceptors (Lipinski definition) is 16. The molecule has 2 rings (SSSR count). The Morgan fingerprint density at radius 3 is 1.19 bits per heavy atom. The van der Waals surface area contributed by atoms with Gasteiger partial charge in [-0.2, -0.15) is 0 Å². The molecular weight excluding hydrogens is 753 g/mol. The first kappa shape index (κ1) is 48.3. The highest BCUT2D eigenvalue weighted by molar-refractivity contribution is 8.01. The van der Waals surface area contributed by atoms with Crippen LogP contribution in [0.15, 0.2) is 0 Å². The predicted molar refractivity (Wildman–Crippen MR) is 200 cm³/mol. The van der Waals surface area contributed by atoms with Crippen LogP contribution in [0.1, 0.15) is 90.9 Å². The van der Waals surface area contributed by atoms with E-state index in [-0.39, 0.29) is 12.8 Å². The fraction of sp³-hybridized carbons (Fsp3) is 0.882. The molecular formula is C34H62N4O14S2. The first-order valence-electron chi connectivity index (χ1n) is 18.5. The summed E-state index contributed by atoms with van der Waals surface area (Å²) in [6.45, 7) is 0.890. The van der Waals surface area contributed by atoms with E-state index in [0.29, 0.717) is 24.3 Å². The Morgan fingerprint density at radius 1 is 0.630 bits per heavy atom. The van der Waals surface area contributed by atoms with Crippen molar-refractivity contribution in [3.05, 3.63) is 0 Å². The van der Waals surface area contributed by atoms with Crippen molar-refractivity contribution in [2.75, 3.05) is 24.7 Å². The molecule has 0 aromatic carbocycles. The van der Waals surface area contributed by atoms with Crippen molar-refractivity contribution in [3.63, 3.8) is 0 Å². The maximum atomic E-state index is 12.4. The summed E-state index contributed by atoms with van der Waals surface area (Å²) in [6.07, 6.45) is -0.595. The van der Waals surface area contributed by atoms with E-state index >= 15 is 0 Å². The number of unbranched alkanes of at least 4 members (excludes halogenated alkanes) is 9. The summed E-state index contributed by atoms with van der Waals surface area (Å²) in [7, 11) is 0. The molecule has 54 heavy (non-hydrogen) atoms. The molecule has 2 aliphatic rings. The number of rotatable bonds is 25. The number of carboxylic acids is 2. The molecule has 2 heterocycles. The van der Waals surface area contributed by atoms with Gasteiger partial charge in [0.1, 0.15) is 36.6 Å². The van der Waals surface area contributed by atoms with Gasteiger partial charge in [-0.3, -0.25) is 9.59 Å². The van der Waals surface area contributed by atoms with E-state index in [1.807, 2.05) is 0 Å². The van der Waals surface area contributed by atoms with Crippen molar-refractivity contribution in [1.82, 2.24) is 10.6 Å². The Kier molecular flexibility index (Phi) is 21.0. The Balaban J connectivity index is 1.72. The Hall–Kier alpha value is -1.82. The number of amides is 2. The zero-order chi connectivity index (χ0) is 40.6. The molecule has 0 unspecified atom stereocenters. The second-order valence-corrected chi connectivity index (χ2v) is 16.9. The molecule has 0 bridgehead atoms. The van der Waals surface area contributed by atoms with Gasteiger partial charge in [-0.05, 0) is 24.3 Å². The standard InChI is InChI=1S/C34H62N4O14S2/c1-19(41)37-25-21(35)15-33(31(47)48,51-29(25)27(45)23(43)17-39)53-13-11-9-7-5-3-4-6-8-10-12-14-54-34(32(49)50)16-22(36)26(38-20(2)42)30(52-34)28(46)24(44)18-40/h21-30,39-40,43-46H,3-18,35-36H2,1-2H3,(H,37,41)(H,38,42)(H,47,48)(H,49,50)/t21-,22-,23-,24-,25+,26+,27-,28-,29+,30+,33-,34-/m0/s1. The molecule has 0 aromatic heterocycles. The summed E-state index contributed by atoms with van der Waals surface area (Å²) in [5.41, 5.74) is 12.5. The van der Waals surface area contributed by atoms with Crippen molar-refractivity contribution < 1.29 is 69.5 Å². The van der Waals surface area contributed by atoms with Gasteiger partial charge in [0.15, 0.2) is 0 Å². The van der Waals surface area contributed by atoms with E-state index in [1.165, 1.54) is 13.8 Å². The third-order valence-corrected chi connectivity index (χ3v) is 12.5. The van der Waals surface area contributed by atoms with Crippen molar-refractivity contribution in [2.45, 2.75) is 162 Å². The largest absolute Gasteiger partial charge is 0.478 e. The first-order chi connectivity index (χ1) is 25.4. The van der Waals surface area contributed by atoms with Crippen molar-refractivity contribution in [1.29, 1.82) is 0 Å². The molecule has 18 nitrogen and oxygen atoms in total. The van der Waals surface area contributed by atoms with Crippen LogP contribution >= 0.6 is 23.5 Å². The number of nitrogens with one attached hydrogen (secondary N) is 2. The van der Waals surface area contributed by atoms with Gasteiger partial charge >= 0.3 is 11.9 Å². The lowest BCUT2D eigenvalue weighted by molar-refractivity contribution is -0.192. The van der Waals surface area contributed by atoms with E-state index in [1.54, 1.807) is 0 Å². The van der Waals surface area contributed by atoms with Crippen LogP contribution in [0.25, 0.3) is 0 Å². The Bertz CT molecular complexity index is 1110. The van der Waals surface area contributed by atoms with Gasteiger partial charge in [-0.25, -0.2) is 9.59 Å². The molecule has 2 saturated heterocycles. The van der Waals surface area contributed by atoms with E-state index in [4.69, 9.17) is 20.9 Å². The average molecular weight is 815 g/mol. The second-order valence-electron chi connectivity index (χ2n) is 14.2. The highest BCUT2D eigenvalue weighted by Crippen LogP contribution is 2.42. The summed E-state index contributed by atoms with van der Waals surface area (Å²) in [5, 5.41) is 85.2. The third-order valence-electron chi connectivity index (χ3n) is 9.73. The van der Waals surface area contributed by atoms with E-state index < -0.39 is 108 Å². The molecule has 0 saturated carbocycles. The molecule has 0 spiro atoms. The Labute approximate surface area is 324 Å². The van der Waals surface area contributed by atoms with Gasteiger partial charge in [-0.15, -0.1) is 23.5 Å². The minimum Gasteiger partial charge on any atom is -0.478 e. The zero-order valence-corrected chi connectivity index (χ0v) is 32.7. The molecule has 2 amide bonds. The van der Waals surface area contributed by atoms with Gasteiger partial charge in [0, 0.05) is 38.8 Å². The number of thioether (sulfide) groups is 2. The molecule has 12 atom stereocenters. The summed E-state index contributed by atoms with van der Waals surface area (Å²) in [4.78, 5) is 44.7. The number of nitrogens with two attached hydrogens (primary N) is 2. The lowest BCUT2D eigenvalue weighted by Gasteiger charge is -2.47. The SMILES string of the molecule is CC(=O)N[C@H]1[C@H]([C@@H](O)[C@@H](O)CO)O[C@@](SCCCCCCCCCCCCS[C@]2(C(=O)O)C[C@H](N)[C@@H](NC(C)=O)[C@H]([C@@H](O)[C@@H](O)CO)O2)(C(=O)O)C[C@@H]1N. The minimum absolute atomic E-state index is 0.140. The fourth-order valence-electron chi connectivity index (χ4n) is 6.79. The maximum absolute atomic E-state index is 12.4. The first-order valence-corrected chi connectivity index (χ1v) is 20.5. The molecule has 2 aliphatic heterocycles. The number of aliphatic carboxylic acids is 2. The van der Waals surface area contributed by atoms with Crippen LogP contribution in [0.4, 0.5) is 0 Å². The smallest absolute Gasteiger partial charge is 0.346 e. The highest BCUT2D eigenvalue weighted by atomic mass is 32.2. The molecule has 314 valence electrons. The van der Waals surface area contributed by atoms with Crippen molar-refractivity contribution in [2.24, 2.45) is 11.5 Å². The zero-order valence-electron chi connectivity index (χ0n) is 31.1. The van der Waals surface area contributed by atoms with Crippen LogP contribution in [0, 0.1) is 0 Å². The monoisotopic (exact) mass is 814 g/mol. The van der Waals surface area contributed by atoms with Crippen LogP contribution in [0.2, 0.25) is 0 Å². The third kappa shape index (κ3) is 14.0. The summed E-state index contributed by atoms with van der Waals surface area (Å²) < 4.78 is 11.7. The number of ether oxygens (including phenoxy) is 2. The van der Waals surface area contributed by atoms with Crippen molar-refractivity contribution >= 4 is 47.3 Å². The molecule has 0 aromatic rings. The van der Waals surface area contributed by atoms with Gasteiger partial charge in [0.05, 0.1) is 25.3 Å². The summed E-state index contributed by atoms with van der Waals surface area (Å²) in [5.74, 6) is -2.63. The molecule has 0 aliphatic carbocycles. The van der Waals surface area contributed by atoms with E-state index in [2.05, 4.69) is 10.6 Å². The van der Waals surface area contributed by atoms with Crippen molar-refractivity contribution in [3.8, 4) is 0 Å². The number of aliphatic hydroxyl groups excluding tert-OH is 6. The number of carbonyl (C=O) groups excluding carboxylic acids is 2. The summed E-state index contributed by atoms with van der Waals surface area (Å²) in [6, 6.07) is -3.73. The number of carboxylic acid groups (broad SMARTS) is 2.